The van der Waals surface area contributed by atoms with E-state index in [1.165, 1.54) is 31.4 Å². The fraction of sp³-hybridized carbons (Fsp3) is 0.190. The molecule has 11 heteroatoms. The predicted molar refractivity (Wildman–Crippen MR) is 112 cm³/mol. The number of imide groups is 1. The molecule has 1 aliphatic heterocycles. The third-order valence-electron chi connectivity index (χ3n) is 4.35. The Balaban J connectivity index is 1.47. The van der Waals surface area contributed by atoms with Gasteiger partial charge in [0.05, 0.1) is 18.4 Å². The van der Waals surface area contributed by atoms with E-state index >= 15 is 0 Å². The number of esters is 1. The molecule has 32 heavy (non-hydrogen) atoms. The van der Waals surface area contributed by atoms with Crippen molar-refractivity contribution in [1.82, 2.24) is 10.7 Å². The second kappa shape index (κ2) is 10.1. The van der Waals surface area contributed by atoms with Crippen LogP contribution in [0.15, 0.2) is 48.5 Å². The Hall–Kier alpha value is -4.41. The standard InChI is InChI=1S/C21H20N4O7/c1-31-16-8-4-14(5-9-16)22-21(30)23-18(27)12-32-20(29)13-2-6-15(7-3-13)25-19(28)11-10-17(26)24-25/h2-9H,10-12H2,1H3,(H,24,26)(H2,22,23,27,30). The molecule has 0 spiro atoms. The van der Waals surface area contributed by atoms with Crippen LogP contribution in [-0.4, -0.2) is 43.4 Å². The molecule has 2 aromatic rings. The predicted octanol–water partition coefficient (Wildman–Crippen LogP) is 1.36. The summed E-state index contributed by atoms with van der Waals surface area (Å²) in [6.07, 6.45) is 0.219. The Morgan fingerprint density at radius 1 is 1.00 bits per heavy atom. The van der Waals surface area contributed by atoms with Crippen LogP contribution in [0.2, 0.25) is 0 Å². The average Bonchev–Trinajstić information content (AvgIpc) is 2.79. The molecule has 0 aromatic heterocycles. The van der Waals surface area contributed by atoms with Gasteiger partial charge < -0.3 is 14.8 Å². The van der Waals surface area contributed by atoms with Crippen LogP contribution < -0.4 is 25.8 Å². The lowest BCUT2D eigenvalue weighted by Gasteiger charge is -2.27. The molecular formula is C21H20N4O7. The van der Waals surface area contributed by atoms with Crippen LogP contribution >= 0.6 is 0 Å². The van der Waals surface area contributed by atoms with E-state index in [-0.39, 0.29) is 30.2 Å². The van der Waals surface area contributed by atoms with Crippen molar-refractivity contribution in [2.45, 2.75) is 12.8 Å². The van der Waals surface area contributed by atoms with E-state index in [1.807, 2.05) is 5.32 Å². The van der Waals surface area contributed by atoms with E-state index in [9.17, 15) is 24.0 Å². The highest BCUT2D eigenvalue weighted by molar-refractivity contribution is 6.03. The van der Waals surface area contributed by atoms with Crippen molar-refractivity contribution < 1.29 is 33.4 Å². The number of carbonyl (C=O) groups excluding carboxylic acids is 5. The summed E-state index contributed by atoms with van der Waals surface area (Å²) in [7, 11) is 1.51. The largest absolute Gasteiger partial charge is 0.497 e. The number of methoxy groups -OCH3 is 1. The number of carbonyl (C=O) groups is 5. The second-order valence-electron chi connectivity index (χ2n) is 6.62. The Labute approximate surface area is 182 Å². The zero-order valence-corrected chi connectivity index (χ0v) is 17.0. The molecule has 3 rings (SSSR count). The van der Waals surface area contributed by atoms with Gasteiger partial charge in [0.15, 0.2) is 6.61 Å². The molecule has 3 N–H and O–H groups in total. The highest BCUT2D eigenvalue weighted by atomic mass is 16.5. The van der Waals surface area contributed by atoms with Crippen LogP contribution in [0.4, 0.5) is 16.2 Å². The van der Waals surface area contributed by atoms with Crippen molar-refractivity contribution in [3.8, 4) is 5.75 Å². The average molecular weight is 440 g/mol. The van der Waals surface area contributed by atoms with Gasteiger partial charge in [-0.05, 0) is 48.5 Å². The summed E-state index contributed by atoms with van der Waals surface area (Å²) in [6, 6.07) is 11.4. The number of benzene rings is 2. The van der Waals surface area contributed by atoms with Crippen molar-refractivity contribution in [3.05, 3.63) is 54.1 Å². The zero-order chi connectivity index (χ0) is 23.1. The van der Waals surface area contributed by atoms with Gasteiger partial charge in [-0.2, -0.15) is 0 Å². The molecule has 0 unspecified atom stereocenters. The molecule has 5 amide bonds. The van der Waals surface area contributed by atoms with Gasteiger partial charge in [0.25, 0.3) is 5.91 Å². The summed E-state index contributed by atoms with van der Waals surface area (Å²) in [5, 5.41) is 5.61. The molecule has 1 fully saturated rings. The Morgan fingerprint density at radius 2 is 1.69 bits per heavy atom. The second-order valence-corrected chi connectivity index (χ2v) is 6.62. The molecule has 1 heterocycles. The maximum atomic E-state index is 12.1. The van der Waals surface area contributed by atoms with Crippen LogP contribution in [0.25, 0.3) is 0 Å². The fourth-order valence-electron chi connectivity index (χ4n) is 2.74. The first-order chi connectivity index (χ1) is 15.4. The third-order valence-corrected chi connectivity index (χ3v) is 4.35. The van der Waals surface area contributed by atoms with Crippen molar-refractivity contribution in [2.75, 3.05) is 24.0 Å². The summed E-state index contributed by atoms with van der Waals surface area (Å²) in [5.74, 6) is -1.56. The summed E-state index contributed by atoms with van der Waals surface area (Å²) < 4.78 is 9.91. The van der Waals surface area contributed by atoms with E-state index < -0.39 is 24.5 Å². The smallest absolute Gasteiger partial charge is 0.338 e. The normalized spacial score (nSPS) is 13.1. The number of urea groups is 1. The number of rotatable bonds is 6. The van der Waals surface area contributed by atoms with Gasteiger partial charge in [0, 0.05) is 18.5 Å². The lowest BCUT2D eigenvalue weighted by Crippen LogP contribution is -2.50. The van der Waals surface area contributed by atoms with Crippen molar-refractivity contribution >= 4 is 41.1 Å². The van der Waals surface area contributed by atoms with Gasteiger partial charge in [0.2, 0.25) is 11.8 Å². The molecule has 0 bridgehead atoms. The third kappa shape index (κ3) is 5.81. The van der Waals surface area contributed by atoms with Crippen molar-refractivity contribution in [1.29, 1.82) is 0 Å². The number of anilines is 2. The fourth-order valence-corrected chi connectivity index (χ4v) is 2.74. The Morgan fingerprint density at radius 3 is 2.34 bits per heavy atom. The first kappa shape index (κ1) is 22.3. The molecule has 0 saturated carbocycles. The first-order valence-electron chi connectivity index (χ1n) is 9.50. The Bertz CT molecular complexity index is 1040. The number of hydrogen-bond acceptors (Lipinski definition) is 7. The van der Waals surface area contributed by atoms with E-state index in [1.54, 1.807) is 24.3 Å². The maximum Gasteiger partial charge on any atom is 0.338 e. The summed E-state index contributed by atoms with van der Waals surface area (Å²) in [6.45, 7) is -0.669. The molecular weight excluding hydrogens is 420 g/mol. The van der Waals surface area contributed by atoms with Gasteiger partial charge in [0.1, 0.15) is 5.75 Å². The minimum absolute atomic E-state index is 0.0940. The van der Waals surface area contributed by atoms with Crippen LogP contribution in [-0.2, 0) is 19.1 Å². The van der Waals surface area contributed by atoms with Crippen LogP contribution in [0.3, 0.4) is 0 Å². The van der Waals surface area contributed by atoms with Gasteiger partial charge in [-0.1, -0.05) is 0 Å². The van der Waals surface area contributed by atoms with Crippen LogP contribution in [0.1, 0.15) is 23.2 Å². The number of nitrogens with zero attached hydrogens (tertiary/aromatic N) is 1. The van der Waals surface area contributed by atoms with E-state index in [2.05, 4.69) is 10.7 Å². The van der Waals surface area contributed by atoms with E-state index in [4.69, 9.17) is 9.47 Å². The molecule has 0 radical (unpaired) electrons. The molecule has 166 valence electrons. The molecule has 2 aromatic carbocycles. The lowest BCUT2D eigenvalue weighted by molar-refractivity contribution is -0.130. The van der Waals surface area contributed by atoms with Gasteiger partial charge >= 0.3 is 12.0 Å². The Kier molecular flexibility index (Phi) is 7.01. The molecule has 0 atom stereocenters. The minimum atomic E-state index is -0.817. The number of amides is 5. The van der Waals surface area contributed by atoms with Crippen molar-refractivity contribution in [2.24, 2.45) is 0 Å². The molecule has 0 aliphatic carbocycles. The van der Waals surface area contributed by atoms with E-state index in [0.29, 0.717) is 17.1 Å². The number of hydrogen-bond donors (Lipinski definition) is 3. The highest BCUT2D eigenvalue weighted by Crippen LogP contribution is 2.18. The molecule has 1 saturated heterocycles. The molecule has 1 aliphatic rings. The highest BCUT2D eigenvalue weighted by Gasteiger charge is 2.24. The zero-order valence-electron chi connectivity index (χ0n) is 17.0. The van der Waals surface area contributed by atoms with E-state index in [0.717, 1.165) is 5.01 Å². The number of ether oxygens (including phenoxy) is 2. The number of nitrogens with one attached hydrogen (secondary N) is 3. The van der Waals surface area contributed by atoms with Crippen LogP contribution in [0, 0.1) is 0 Å². The van der Waals surface area contributed by atoms with Gasteiger partial charge in [-0.3, -0.25) is 25.1 Å². The van der Waals surface area contributed by atoms with Crippen LogP contribution in [0.5, 0.6) is 5.75 Å². The summed E-state index contributed by atoms with van der Waals surface area (Å²) in [4.78, 5) is 59.2. The SMILES string of the molecule is COc1ccc(NC(=O)NC(=O)COC(=O)c2ccc(N3NC(=O)CCC3=O)cc2)cc1. The lowest BCUT2D eigenvalue weighted by atomic mass is 10.2. The summed E-state index contributed by atoms with van der Waals surface area (Å²) >= 11 is 0. The van der Waals surface area contributed by atoms with Crippen molar-refractivity contribution in [3.63, 3.8) is 0 Å². The van der Waals surface area contributed by atoms with Gasteiger partial charge in [-0.25, -0.2) is 14.6 Å². The van der Waals surface area contributed by atoms with Gasteiger partial charge in [-0.15, -0.1) is 0 Å². The monoisotopic (exact) mass is 440 g/mol. The number of hydrazine groups is 1. The molecule has 11 nitrogen and oxygen atoms in total. The summed E-state index contributed by atoms with van der Waals surface area (Å²) in [5.41, 5.74) is 3.39. The minimum Gasteiger partial charge on any atom is -0.497 e. The maximum absolute atomic E-state index is 12.1. The quantitative estimate of drug-likeness (QED) is 0.576. The topological polar surface area (TPSA) is 143 Å². The first-order valence-corrected chi connectivity index (χ1v) is 9.50.